The van der Waals surface area contributed by atoms with Crippen LogP contribution in [0.25, 0.3) is 0 Å². The fourth-order valence-electron chi connectivity index (χ4n) is 0. The average Bonchev–Trinajstić information content (AvgIpc) is 2.12. The van der Waals surface area contributed by atoms with E-state index >= 15 is 0 Å². The Balaban J connectivity index is -0.00000000647. The van der Waals surface area contributed by atoms with Gasteiger partial charge in [0.1, 0.15) is 0 Å². The van der Waals surface area contributed by atoms with Crippen molar-refractivity contribution >= 4 is 54.9 Å². The van der Waals surface area contributed by atoms with Crippen molar-refractivity contribution < 1.29 is 285 Å². The Labute approximate surface area is 333 Å². The Morgan fingerprint density at radius 1 is 0.531 bits per heavy atom. The predicted octanol–water partition coefficient (Wildman–Crippen LogP) is -14.6. The second-order valence-electron chi connectivity index (χ2n) is 1.79. The molecule has 10 N–H and O–H groups in total. The fraction of sp³-hybridized carbons (Fsp3) is 0. The maximum atomic E-state index is 8.85. The van der Waals surface area contributed by atoms with Crippen molar-refractivity contribution in [3.8, 4) is 0 Å². The summed E-state index contributed by atoms with van der Waals surface area (Å²) in [5.41, 5.74) is 0. The number of halogens is 2. The minimum atomic E-state index is -5.52. The minimum absolute atomic E-state index is 0. The summed E-state index contributed by atoms with van der Waals surface area (Å²) < 4.78 is 140. The van der Waals surface area contributed by atoms with E-state index in [0.29, 0.717) is 0 Å². The molecule has 0 aromatic carbocycles. The van der Waals surface area contributed by atoms with Crippen LogP contribution in [0.2, 0.25) is 0 Å². The molecule has 202 valence electrons. The van der Waals surface area contributed by atoms with Crippen molar-refractivity contribution in [3.05, 3.63) is 0 Å². The van der Waals surface area contributed by atoms with Gasteiger partial charge in [0.15, 0.2) is 0 Å². The molecule has 0 aliphatic carbocycles. The van der Waals surface area contributed by atoms with Crippen molar-refractivity contribution in [3.63, 3.8) is 0 Å². The van der Waals surface area contributed by atoms with E-state index in [2.05, 4.69) is 23.7 Å². The van der Waals surface area contributed by atoms with Gasteiger partial charge in [-0.15, -0.1) is 0 Å². The van der Waals surface area contributed by atoms with Crippen LogP contribution in [-0.4, -0.2) is 69.4 Å². The quantitative estimate of drug-likeness (QED) is 0.0797. The monoisotopic (exact) mass is 897 g/mol. The van der Waals surface area contributed by atoms with Crippen molar-refractivity contribution in [2.75, 3.05) is 0 Å². The van der Waals surface area contributed by atoms with Crippen LogP contribution in [0.15, 0.2) is 0 Å². The molecule has 0 atom stereocenters. The molecule has 32 heavy (non-hydrogen) atoms. The Bertz CT molecular complexity index is 539. The Hall–Kier alpha value is 6.38. The summed E-state index contributed by atoms with van der Waals surface area (Å²) in [6.07, 6.45) is 0. The molecule has 0 aromatic rings. The molecule has 0 bridgehead atoms. The molecule has 0 aliphatic rings. The second kappa shape index (κ2) is 53.6. The van der Waals surface area contributed by atoms with E-state index in [0.717, 1.165) is 0 Å². The summed E-state index contributed by atoms with van der Waals surface area (Å²) in [5.74, 6) is 0. The molecule has 0 saturated heterocycles. The summed E-state index contributed by atoms with van der Waals surface area (Å²) in [5, 5.41) is 0. The van der Waals surface area contributed by atoms with E-state index in [1.165, 1.54) is 0 Å². The zero-order valence-electron chi connectivity index (χ0n) is 19.4. The molecular weight excluding hydrogens is 884 g/mol. The van der Waals surface area contributed by atoms with Gasteiger partial charge in [-0.05, 0) is 0 Å². The number of rotatable bonds is 0. The van der Waals surface area contributed by atoms with Gasteiger partial charge in [0, 0.05) is 68.0 Å². The Kier molecular flexibility index (Phi) is 151. The molecule has 0 unspecified atom stereocenters. The average molecular weight is 898 g/mol. The topological polar surface area (TPSA) is 339 Å². The van der Waals surface area contributed by atoms with Gasteiger partial charge in [0.25, 0.3) is 0 Å². The Morgan fingerprint density at radius 3 is 0.531 bits per heavy atom. The third-order valence-corrected chi connectivity index (χ3v) is 0. The number of hydrogen-bond donors (Lipinski definition) is 10. The van der Waals surface area contributed by atoms with E-state index in [4.69, 9.17) is 76.2 Å². The van der Waals surface area contributed by atoms with E-state index in [1.807, 2.05) is 0 Å². The van der Waals surface area contributed by atoms with Crippen LogP contribution in [0.4, 0.5) is 0 Å². The van der Waals surface area contributed by atoms with Gasteiger partial charge in [0.05, 0.1) is 23.7 Å². The van der Waals surface area contributed by atoms with Gasteiger partial charge in [-0.3, -0.25) is 36.6 Å². The molecule has 32 heteroatoms. The van der Waals surface area contributed by atoms with Gasteiger partial charge in [-0.25, -0.2) is 0 Å². The summed E-state index contributed by atoms with van der Waals surface area (Å²) >= 11 is 1.76. The molecule has 0 heterocycles. The molecule has 0 fully saturated rings. The molecule has 0 aromatic heterocycles. The third-order valence-electron chi connectivity index (χ3n) is 0. The molecule has 0 amide bonds. The number of hydrogen-bond acceptors (Lipinski definition) is 10. The normalized spacial score (nSPS) is 7.62. The van der Waals surface area contributed by atoms with Crippen molar-refractivity contribution in [1.29, 1.82) is 0 Å². The van der Waals surface area contributed by atoms with Crippen LogP contribution >= 0.6 is 23.7 Å². The van der Waals surface area contributed by atoms with Crippen LogP contribution in [0.5, 0.6) is 0 Å². The molecular formula is H14Cl2CoCu2MnMoNa4O18S3. The molecule has 18 nitrogen and oxygen atoms in total. The van der Waals surface area contributed by atoms with Crippen LogP contribution in [0.1, 0.15) is 5.71 Å². The van der Waals surface area contributed by atoms with E-state index in [1.54, 1.807) is 0 Å². The van der Waals surface area contributed by atoms with Crippen molar-refractivity contribution in [2.24, 2.45) is 0 Å². The standard InChI is InChI=1S/2ClHO.Co.2Cu.Mn.Mo.4Na.3H2O4S.2H2O.2O.4H/c2*1-2;;;;;;;;;;3*1-5(2,3)4;;;;;;;;/h2*2H;;;;;;;;;;3*(H2,1,2,3,4);2*1H2;;;;;;/q;;;;;;+2;4*+1;;;;;;;;4*-1/p-2. The first-order valence-electron chi connectivity index (χ1n) is 3.13. The van der Waals surface area contributed by atoms with Crippen LogP contribution in [0.3, 0.4) is 0 Å². The van der Waals surface area contributed by atoms with E-state index in [9.17, 15) is 0 Å². The van der Waals surface area contributed by atoms with Gasteiger partial charge in [-0.1, -0.05) is 0 Å². The van der Waals surface area contributed by atoms with Gasteiger partial charge < -0.3 is 5.71 Å². The molecule has 0 spiro atoms. The summed E-state index contributed by atoms with van der Waals surface area (Å²) in [6.45, 7) is 0. The summed E-state index contributed by atoms with van der Waals surface area (Å²) in [6, 6.07) is 0. The molecule has 0 saturated carbocycles. The van der Waals surface area contributed by atoms with Gasteiger partial charge in [0.2, 0.25) is 0 Å². The second-order valence-corrected chi connectivity index (χ2v) is 6.68. The fourth-order valence-corrected chi connectivity index (χ4v) is 0. The van der Waals surface area contributed by atoms with E-state index in [-0.39, 0.29) is 192 Å². The van der Waals surface area contributed by atoms with Crippen LogP contribution in [-0.2, 0) is 123 Å². The first kappa shape index (κ1) is 90.2. The van der Waals surface area contributed by atoms with Crippen LogP contribution in [0, 0.1) is 0 Å². The SMILES string of the molecule is O=S(=O)(O)O.O=S(=O)(O)O.O=S(=O)(O)O.OCl.OCl.[Co].[Cu].[Cu].[H-].[H-].[H-].[H-].[Mn].[Na+].[Na+].[Na+].[Na+].[O]=[Mo](=[O])([OH])[OH]. The summed E-state index contributed by atoms with van der Waals surface area (Å²) in [4.78, 5) is 0. The van der Waals surface area contributed by atoms with Crippen LogP contribution < -0.4 is 118 Å². The maximum absolute atomic E-state index is 8.85. The summed E-state index contributed by atoms with van der Waals surface area (Å²) in [7, 11) is -14.0. The zero-order valence-corrected chi connectivity index (χ0v) is 33.5. The van der Waals surface area contributed by atoms with Gasteiger partial charge in [-0.2, -0.15) is 25.3 Å². The predicted molar refractivity (Wildman–Crippen MR) is 68.9 cm³/mol. The first-order chi connectivity index (χ1) is 10.0. The Morgan fingerprint density at radius 2 is 0.531 bits per heavy atom. The third kappa shape index (κ3) is 1120. The first-order valence-corrected chi connectivity index (χ1v) is 11.4. The van der Waals surface area contributed by atoms with E-state index < -0.39 is 47.9 Å². The molecule has 4 radical (unpaired) electrons. The van der Waals surface area contributed by atoms with Crippen molar-refractivity contribution in [2.45, 2.75) is 0 Å². The zero-order chi connectivity index (χ0) is 22.0. The molecule has 0 aliphatic heterocycles. The van der Waals surface area contributed by atoms with Crippen molar-refractivity contribution in [1.82, 2.24) is 0 Å². The molecule has 0 rings (SSSR count). The van der Waals surface area contributed by atoms with Gasteiger partial charge >= 0.3 is 180 Å².